The first-order valence-electron chi connectivity index (χ1n) is 23.9. The molecular formula is C49H82O15. The third-order valence-corrected chi connectivity index (χ3v) is 11.0. The van der Waals surface area contributed by atoms with Crippen molar-refractivity contribution in [1.82, 2.24) is 0 Å². The predicted octanol–water partition coefficient (Wildman–Crippen LogP) is 5.70. The number of rotatable bonds is 35. The van der Waals surface area contributed by atoms with Gasteiger partial charge < -0.3 is 64.2 Å². The van der Waals surface area contributed by atoms with Gasteiger partial charge in [0.05, 0.1) is 19.8 Å². The van der Waals surface area contributed by atoms with Crippen molar-refractivity contribution in [3.05, 3.63) is 60.8 Å². The first-order valence-corrected chi connectivity index (χ1v) is 23.9. The summed E-state index contributed by atoms with van der Waals surface area (Å²) in [6, 6.07) is 0. The van der Waals surface area contributed by atoms with Crippen LogP contribution in [0.5, 0.6) is 0 Å². The molecule has 7 N–H and O–H groups in total. The fourth-order valence-electron chi connectivity index (χ4n) is 7.02. The maximum atomic E-state index is 12.9. The van der Waals surface area contributed by atoms with Crippen molar-refractivity contribution < 1.29 is 73.8 Å². The van der Waals surface area contributed by atoms with Gasteiger partial charge in [-0.3, -0.25) is 9.59 Å². The van der Waals surface area contributed by atoms with Crippen molar-refractivity contribution in [2.75, 3.05) is 26.4 Å². The van der Waals surface area contributed by atoms with Crippen molar-refractivity contribution in [2.24, 2.45) is 0 Å². The molecule has 0 radical (unpaired) electrons. The first-order chi connectivity index (χ1) is 31.0. The van der Waals surface area contributed by atoms with E-state index >= 15 is 0 Å². The van der Waals surface area contributed by atoms with Crippen molar-refractivity contribution in [1.29, 1.82) is 0 Å². The Balaban J connectivity index is 1.87. The van der Waals surface area contributed by atoms with Crippen molar-refractivity contribution >= 4 is 11.9 Å². The molecule has 2 fully saturated rings. The molecule has 368 valence electrons. The van der Waals surface area contributed by atoms with Gasteiger partial charge in [-0.15, -0.1) is 0 Å². The molecule has 11 unspecified atom stereocenters. The summed E-state index contributed by atoms with van der Waals surface area (Å²) < 4.78 is 33.4. The third kappa shape index (κ3) is 24.6. The zero-order valence-electron chi connectivity index (χ0n) is 38.5. The van der Waals surface area contributed by atoms with Crippen LogP contribution in [0.3, 0.4) is 0 Å². The average Bonchev–Trinajstić information content (AvgIpc) is 3.29. The van der Waals surface area contributed by atoms with E-state index in [9.17, 15) is 45.3 Å². The first kappa shape index (κ1) is 57.3. The highest BCUT2D eigenvalue weighted by Gasteiger charge is 2.47. The molecule has 15 nitrogen and oxygen atoms in total. The van der Waals surface area contributed by atoms with Crippen LogP contribution in [0.4, 0.5) is 0 Å². The number of hydrogen-bond donors (Lipinski definition) is 7. The minimum atomic E-state index is -1.78. The van der Waals surface area contributed by atoms with Gasteiger partial charge in [0, 0.05) is 12.8 Å². The summed E-state index contributed by atoms with van der Waals surface area (Å²) >= 11 is 0. The zero-order valence-corrected chi connectivity index (χ0v) is 38.5. The number of aliphatic hydroxyl groups is 7. The van der Waals surface area contributed by atoms with Gasteiger partial charge in [-0.05, 0) is 77.0 Å². The van der Waals surface area contributed by atoms with Crippen LogP contribution in [-0.4, -0.2) is 142 Å². The fourth-order valence-corrected chi connectivity index (χ4v) is 7.02. The van der Waals surface area contributed by atoms with Gasteiger partial charge in [0.2, 0.25) is 0 Å². The number of hydrogen-bond acceptors (Lipinski definition) is 15. The molecule has 11 atom stereocenters. The third-order valence-electron chi connectivity index (χ3n) is 11.0. The number of ether oxygens (including phenoxy) is 6. The monoisotopic (exact) mass is 911 g/mol. The zero-order chi connectivity index (χ0) is 46.8. The number of aliphatic hydroxyl groups excluding tert-OH is 7. The highest BCUT2D eigenvalue weighted by Crippen LogP contribution is 2.26. The standard InChI is InChI=1S/C49H82O15/c1-3-5-7-9-11-13-15-17-18-20-22-24-26-28-30-32-41(52)62-37(34-59-40(51)31-29-27-25-23-21-19-16-14-12-10-8-6-4-2)35-60-48-47(58)45(56)43(54)39(64-48)36-61-49-46(57)44(55)42(53)38(33-50)63-49/h5,7,11,13-14,16-18,22,24,37-39,42-50,53-58H,3-4,6,8-10,12,15,19-21,23,25-36H2,1-2H3/b7-5-,13-11-,16-14-,18-17-,24-22-. The van der Waals surface area contributed by atoms with E-state index in [0.717, 1.165) is 77.0 Å². The second-order valence-corrected chi connectivity index (χ2v) is 16.5. The van der Waals surface area contributed by atoms with E-state index in [1.54, 1.807) is 0 Å². The van der Waals surface area contributed by atoms with Gasteiger partial charge in [-0.1, -0.05) is 113 Å². The number of allylic oxidation sites excluding steroid dienone is 10. The number of unbranched alkanes of at least 4 members (excludes halogenated alkanes) is 11. The normalized spacial score (nSPS) is 27.1. The molecule has 0 aromatic carbocycles. The topological polar surface area (TPSA) is 231 Å². The molecule has 0 saturated carbocycles. The molecule has 0 aromatic heterocycles. The van der Waals surface area contributed by atoms with Crippen molar-refractivity contribution in [3.63, 3.8) is 0 Å². The van der Waals surface area contributed by atoms with E-state index in [0.29, 0.717) is 12.8 Å². The van der Waals surface area contributed by atoms with Crippen LogP contribution in [0.1, 0.15) is 142 Å². The molecular weight excluding hydrogens is 829 g/mol. The van der Waals surface area contributed by atoms with E-state index in [1.807, 2.05) is 0 Å². The minimum absolute atomic E-state index is 0.109. The Labute approximate surface area is 381 Å². The van der Waals surface area contributed by atoms with Crippen molar-refractivity contribution in [2.45, 2.75) is 210 Å². The van der Waals surface area contributed by atoms with Gasteiger partial charge in [0.25, 0.3) is 0 Å². The lowest BCUT2D eigenvalue weighted by Crippen LogP contribution is -2.61. The van der Waals surface area contributed by atoms with Gasteiger partial charge in [-0.25, -0.2) is 0 Å². The molecule has 2 aliphatic heterocycles. The maximum Gasteiger partial charge on any atom is 0.306 e. The molecule has 15 heteroatoms. The minimum Gasteiger partial charge on any atom is -0.462 e. The van der Waals surface area contributed by atoms with Crippen LogP contribution < -0.4 is 0 Å². The van der Waals surface area contributed by atoms with E-state index in [4.69, 9.17) is 28.4 Å². The molecule has 64 heavy (non-hydrogen) atoms. The van der Waals surface area contributed by atoms with Gasteiger partial charge in [0.1, 0.15) is 55.4 Å². The summed E-state index contributed by atoms with van der Waals surface area (Å²) in [6.45, 7) is 2.38. The maximum absolute atomic E-state index is 12.9. The molecule has 0 amide bonds. The summed E-state index contributed by atoms with van der Waals surface area (Å²) in [7, 11) is 0. The molecule has 0 aromatic rings. The highest BCUT2D eigenvalue weighted by molar-refractivity contribution is 5.70. The molecule has 0 aliphatic carbocycles. The van der Waals surface area contributed by atoms with Crippen LogP contribution >= 0.6 is 0 Å². The van der Waals surface area contributed by atoms with Crippen LogP contribution in [-0.2, 0) is 38.0 Å². The van der Waals surface area contributed by atoms with Gasteiger partial charge >= 0.3 is 11.9 Å². The summed E-state index contributed by atoms with van der Waals surface area (Å²) in [5, 5.41) is 71.9. The Morgan fingerprint density at radius 2 is 0.984 bits per heavy atom. The summed E-state index contributed by atoms with van der Waals surface area (Å²) in [4.78, 5) is 25.7. The Bertz CT molecular complexity index is 1350. The smallest absolute Gasteiger partial charge is 0.306 e. The number of carbonyl (C=O) groups excluding carboxylic acids is 2. The average molecular weight is 911 g/mol. The summed E-state index contributed by atoms with van der Waals surface area (Å²) in [5.41, 5.74) is 0. The predicted molar refractivity (Wildman–Crippen MR) is 243 cm³/mol. The quantitative estimate of drug-likeness (QED) is 0.0230. The van der Waals surface area contributed by atoms with Crippen LogP contribution in [0, 0.1) is 0 Å². The largest absolute Gasteiger partial charge is 0.462 e. The summed E-state index contributed by atoms with van der Waals surface area (Å²) in [6.07, 6.45) is 22.6. The van der Waals surface area contributed by atoms with E-state index in [1.165, 1.54) is 25.7 Å². The lowest BCUT2D eigenvalue weighted by Gasteiger charge is -2.42. The van der Waals surface area contributed by atoms with Crippen LogP contribution in [0.15, 0.2) is 60.8 Å². The molecule has 2 saturated heterocycles. The molecule has 2 aliphatic rings. The van der Waals surface area contributed by atoms with Crippen LogP contribution in [0.25, 0.3) is 0 Å². The number of carbonyl (C=O) groups is 2. The van der Waals surface area contributed by atoms with Gasteiger partial charge in [-0.2, -0.15) is 0 Å². The lowest BCUT2D eigenvalue weighted by molar-refractivity contribution is -0.332. The molecule has 2 rings (SSSR count). The Hall–Kier alpha value is -2.80. The van der Waals surface area contributed by atoms with Gasteiger partial charge in [0.15, 0.2) is 18.7 Å². The Morgan fingerprint density at radius 1 is 0.516 bits per heavy atom. The highest BCUT2D eigenvalue weighted by atomic mass is 16.7. The fraction of sp³-hybridized carbons (Fsp3) is 0.755. The Morgan fingerprint density at radius 3 is 1.59 bits per heavy atom. The van der Waals surface area contributed by atoms with E-state index < -0.39 is 99.3 Å². The van der Waals surface area contributed by atoms with Crippen LogP contribution in [0.2, 0.25) is 0 Å². The van der Waals surface area contributed by atoms with E-state index in [2.05, 4.69) is 74.6 Å². The van der Waals surface area contributed by atoms with E-state index in [-0.39, 0.29) is 19.4 Å². The summed E-state index contributed by atoms with van der Waals surface area (Å²) in [5.74, 6) is -0.990. The molecule has 0 spiro atoms. The Kier molecular flexibility index (Phi) is 32.5. The SMILES string of the molecule is CC/C=C\C/C=C\C/C=C\C/C=C\CCCCC(=O)OC(COC(=O)CCCCCCC/C=C\CCCCCC)COC1OC(COC2OC(CO)C(O)C(O)C2O)C(O)C(O)C1O. The molecule has 0 bridgehead atoms. The second-order valence-electron chi connectivity index (χ2n) is 16.5. The molecule has 2 heterocycles. The number of esters is 2. The lowest BCUT2D eigenvalue weighted by atomic mass is 9.98. The second kappa shape index (κ2) is 36.3. The van der Waals surface area contributed by atoms with Crippen molar-refractivity contribution in [3.8, 4) is 0 Å².